The molecule has 1 amide bonds. The number of para-hydroxylation sites is 1. The number of carbonyl (C=O) groups is 1. The summed E-state index contributed by atoms with van der Waals surface area (Å²) in [5.74, 6) is 0.0721. The van der Waals surface area contributed by atoms with Crippen LogP contribution in [-0.4, -0.2) is 18.0 Å². The second kappa shape index (κ2) is 7.05. The molecule has 0 spiro atoms. The summed E-state index contributed by atoms with van der Waals surface area (Å²) < 4.78 is 10.7. The second-order valence-corrected chi connectivity index (χ2v) is 6.58. The van der Waals surface area contributed by atoms with Gasteiger partial charge in [-0.25, -0.2) is 4.98 Å². The van der Waals surface area contributed by atoms with Crippen molar-refractivity contribution in [2.24, 2.45) is 0 Å². The van der Waals surface area contributed by atoms with Crippen molar-refractivity contribution in [3.8, 4) is 17.0 Å². The Hall–Kier alpha value is -3.45. The molecule has 4 rings (SSSR count). The zero-order valence-corrected chi connectivity index (χ0v) is 15.2. The number of benzene rings is 2. The zero-order valence-electron chi connectivity index (χ0n) is 14.4. The maximum Gasteiger partial charge on any atom is 0.262 e. The van der Waals surface area contributed by atoms with Crippen molar-refractivity contribution in [2.75, 3.05) is 12.4 Å². The van der Waals surface area contributed by atoms with Gasteiger partial charge in [-0.15, -0.1) is 11.3 Å². The number of methoxy groups -OCH3 is 1. The smallest absolute Gasteiger partial charge is 0.262 e. The number of thiazole rings is 1. The fraction of sp³-hybridized carbons (Fsp3) is 0.0500. The first-order chi connectivity index (χ1) is 13.2. The minimum absolute atomic E-state index is 0.132. The predicted octanol–water partition coefficient (Wildman–Crippen LogP) is 4.30. The highest BCUT2D eigenvalue weighted by Crippen LogP contribution is 2.26. The Balaban J connectivity index is 1.63. The van der Waals surface area contributed by atoms with Gasteiger partial charge in [0, 0.05) is 16.3 Å². The second-order valence-electron chi connectivity index (χ2n) is 5.73. The predicted molar refractivity (Wildman–Crippen MR) is 104 cm³/mol. The number of hydrogen-bond donors (Lipinski definition) is 2. The number of nitrogens with one attached hydrogen (secondary N) is 2. The van der Waals surface area contributed by atoms with Crippen molar-refractivity contribution in [2.45, 2.75) is 0 Å². The van der Waals surface area contributed by atoms with E-state index in [1.54, 1.807) is 24.3 Å². The summed E-state index contributed by atoms with van der Waals surface area (Å²) in [7, 11) is 1.53. The van der Waals surface area contributed by atoms with Crippen molar-refractivity contribution in [1.82, 2.24) is 4.98 Å². The molecule has 0 radical (unpaired) electrons. The minimum atomic E-state index is -0.442. The van der Waals surface area contributed by atoms with Crippen LogP contribution in [0.5, 0.6) is 5.75 Å². The Morgan fingerprint density at radius 3 is 2.78 bits per heavy atom. The minimum Gasteiger partial charge on any atom is -0.493 e. The van der Waals surface area contributed by atoms with Gasteiger partial charge in [0.25, 0.3) is 5.91 Å². The quantitative estimate of drug-likeness (QED) is 0.555. The first-order valence-corrected chi connectivity index (χ1v) is 9.01. The van der Waals surface area contributed by atoms with E-state index in [0.29, 0.717) is 21.9 Å². The normalized spacial score (nSPS) is 10.7. The third-order valence-electron chi connectivity index (χ3n) is 4.02. The lowest BCUT2D eigenvalue weighted by molar-refractivity contribution is 0.102. The molecular weight excluding hydrogens is 362 g/mol. The summed E-state index contributed by atoms with van der Waals surface area (Å²) in [4.78, 5) is 17.1. The zero-order chi connectivity index (χ0) is 18.8. The van der Waals surface area contributed by atoms with Gasteiger partial charge in [-0.1, -0.05) is 42.5 Å². The average molecular weight is 377 g/mol. The van der Waals surface area contributed by atoms with Crippen LogP contribution in [0.1, 0.15) is 10.4 Å². The van der Waals surface area contributed by atoms with Crippen LogP contribution in [0.15, 0.2) is 64.4 Å². The molecule has 2 heterocycles. The maximum atomic E-state index is 12.6. The van der Waals surface area contributed by atoms with Gasteiger partial charge in [-0.2, -0.15) is 0 Å². The van der Waals surface area contributed by atoms with Gasteiger partial charge in [0.1, 0.15) is 5.56 Å². The largest absolute Gasteiger partial charge is 0.493 e. The molecule has 2 N–H and O–H groups in total. The Bertz CT molecular complexity index is 1180. The summed E-state index contributed by atoms with van der Waals surface area (Å²) >= 11 is 1.33. The molecule has 0 aliphatic rings. The van der Waals surface area contributed by atoms with Gasteiger partial charge in [-0.3, -0.25) is 15.5 Å². The molecule has 0 saturated carbocycles. The molecule has 0 aliphatic heterocycles. The van der Waals surface area contributed by atoms with Crippen LogP contribution in [0.4, 0.5) is 5.13 Å². The fourth-order valence-electron chi connectivity index (χ4n) is 2.70. The molecule has 134 valence electrons. The molecule has 6 nitrogen and oxygen atoms in total. The van der Waals surface area contributed by atoms with Crippen LogP contribution in [0, 0.1) is 5.41 Å². The van der Waals surface area contributed by atoms with Gasteiger partial charge in [0.05, 0.1) is 12.8 Å². The molecule has 0 unspecified atom stereocenters. The van der Waals surface area contributed by atoms with Crippen molar-refractivity contribution in [1.29, 1.82) is 5.41 Å². The summed E-state index contributed by atoms with van der Waals surface area (Å²) in [5.41, 5.74) is 2.09. The number of aromatic nitrogens is 1. The topological polar surface area (TPSA) is 88.2 Å². The van der Waals surface area contributed by atoms with Gasteiger partial charge in [-0.05, 0) is 12.1 Å². The molecule has 0 fully saturated rings. The van der Waals surface area contributed by atoms with Crippen molar-refractivity contribution in [3.05, 3.63) is 71.1 Å². The highest BCUT2D eigenvalue weighted by Gasteiger charge is 2.15. The lowest BCUT2D eigenvalue weighted by Gasteiger charge is -2.06. The molecular formula is C20H15N3O3S. The highest BCUT2D eigenvalue weighted by molar-refractivity contribution is 7.14. The first-order valence-electron chi connectivity index (χ1n) is 8.13. The third kappa shape index (κ3) is 3.32. The number of carbonyl (C=O) groups excluding carboxylic acids is 1. The monoisotopic (exact) mass is 377 g/mol. The van der Waals surface area contributed by atoms with E-state index in [-0.39, 0.29) is 11.1 Å². The standard InChI is InChI=1S/C20H15N3O3S/c1-25-16-9-5-8-13-10-14(18(21)26-17(13)16)19(24)23-20-22-15(11-27-20)12-6-3-2-4-7-12/h2-11,21H,1H3,(H,22,23,24). The Morgan fingerprint density at radius 2 is 2.00 bits per heavy atom. The Morgan fingerprint density at radius 1 is 1.19 bits per heavy atom. The molecule has 0 aliphatic carbocycles. The maximum absolute atomic E-state index is 12.6. The Labute approximate surface area is 158 Å². The molecule has 0 atom stereocenters. The number of ether oxygens (including phenoxy) is 1. The van der Waals surface area contributed by atoms with Gasteiger partial charge in [0.2, 0.25) is 5.55 Å². The van der Waals surface area contributed by atoms with Crippen LogP contribution in [-0.2, 0) is 0 Å². The number of fused-ring (bicyclic) bond motifs is 1. The summed E-state index contributed by atoms with van der Waals surface area (Å²) in [6, 6.07) is 16.7. The van der Waals surface area contributed by atoms with Crippen LogP contribution >= 0.6 is 11.3 Å². The van der Waals surface area contributed by atoms with Gasteiger partial charge < -0.3 is 9.15 Å². The first kappa shape index (κ1) is 17.0. The molecule has 27 heavy (non-hydrogen) atoms. The van der Waals surface area contributed by atoms with Crippen LogP contribution in [0.3, 0.4) is 0 Å². The van der Waals surface area contributed by atoms with Crippen molar-refractivity contribution < 1.29 is 13.9 Å². The van der Waals surface area contributed by atoms with E-state index in [0.717, 1.165) is 11.3 Å². The lowest BCUT2D eigenvalue weighted by atomic mass is 10.1. The SMILES string of the molecule is COc1cccc2cc(C(=O)Nc3nc(-c4ccccc4)cs3)c(=N)oc12. The number of rotatable bonds is 4. The van der Waals surface area contributed by atoms with Crippen LogP contribution < -0.4 is 15.6 Å². The molecule has 2 aromatic carbocycles. The van der Waals surface area contributed by atoms with Crippen molar-refractivity contribution in [3.63, 3.8) is 0 Å². The molecule has 0 saturated heterocycles. The van der Waals surface area contributed by atoms with Gasteiger partial charge >= 0.3 is 0 Å². The van der Waals surface area contributed by atoms with E-state index in [9.17, 15) is 4.79 Å². The number of amides is 1. The average Bonchev–Trinajstić information content (AvgIpc) is 3.16. The van der Waals surface area contributed by atoms with E-state index in [1.165, 1.54) is 18.4 Å². The van der Waals surface area contributed by atoms with E-state index in [4.69, 9.17) is 14.6 Å². The Kier molecular flexibility index (Phi) is 4.43. The molecule has 0 bridgehead atoms. The van der Waals surface area contributed by atoms with E-state index in [2.05, 4.69) is 10.3 Å². The summed E-state index contributed by atoms with van der Waals surface area (Å²) in [6.45, 7) is 0. The molecule has 7 heteroatoms. The van der Waals surface area contributed by atoms with Gasteiger partial charge in [0.15, 0.2) is 16.5 Å². The highest BCUT2D eigenvalue weighted by atomic mass is 32.1. The number of nitrogens with zero attached hydrogens (tertiary/aromatic N) is 1. The van der Waals surface area contributed by atoms with Crippen LogP contribution in [0.2, 0.25) is 0 Å². The van der Waals surface area contributed by atoms with E-state index >= 15 is 0 Å². The molecule has 2 aromatic heterocycles. The third-order valence-corrected chi connectivity index (χ3v) is 4.77. The van der Waals surface area contributed by atoms with Crippen molar-refractivity contribution >= 4 is 33.3 Å². The van der Waals surface area contributed by atoms with E-state index < -0.39 is 5.91 Å². The number of hydrogen-bond acceptors (Lipinski definition) is 6. The summed E-state index contributed by atoms with van der Waals surface area (Å²) in [5, 5.41) is 13.8. The fourth-order valence-corrected chi connectivity index (χ4v) is 3.42. The summed E-state index contributed by atoms with van der Waals surface area (Å²) in [6.07, 6.45) is 0. The lowest BCUT2D eigenvalue weighted by Crippen LogP contribution is -2.20. The number of anilines is 1. The van der Waals surface area contributed by atoms with Crippen LogP contribution in [0.25, 0.3) is 22.2 Å². The molecule has 4 aromatic rings. The van der Waals surface area contributed by atoms with E-state index in [1.807, 2.05) is 35.7 Å².